The van der Waals surface area contributed by atoms with Crippen LogP contribution in [0.15, 0.2) is 48.5 Å². The van der Waals surface area contributed by atoms with Crippen molar-refractivity contribution < 1.29 is 138 Å². The molecule has 8 N–H and O–H groups in total. The number of rotatable bonds is 85. The number of ether oxygens (including phenoxy) is 26. The number of aryl methyl sites for hydroxylation is 2. The Hall–Kier alpha value is -6.60. The lowest BCUT2D eigenvalue weighted by Gasteiger charge is -2.36. The predicted octanol–water partition coefficient (Wildman–Crippen LogP) is 8.65. The third-order valence-corrected chi connectivity index (χ3v) is 20.8. The molecule has 0 saturated carbocycles. The number of esters is 2. The van der Waals surface area contributed by atoms with Crippen molar-refractivity contribution >= 4 is 78.3 Å². The Kier molecular flexibility index (Phi) is 69.5. The molecule has 0 amide bonds. The molecule has 0 spiro atoms. The number of imidazole rings is 2. The molecule has 139 heavy (non-hydrogen) atoms. The molecule has 0 unspecified atom stereocenters. The Balaban J connectivity index is 0.000000359. The fraction of sp³-hybridized carbons (Fsp3) is 0.760. The number of hydrogen-bond acceptors (Lipinski definition) is 37. The molecule has 39 nitrogen and oxygen atoms in total. The second-order valence-corrected chi connectivity index (χ2v) is 34.4. The van der Waals surface area contributed by atoms with Gasteiger partial charge in [-0.2, -0.15) is 0 Å². The number of aliphatic hydroxyl groups is 1. The monoisotopic (exact) mass is 1980 g/mol. The normalized spacial score (nSPS) is 13.4. The van der Waals surface area contributed by atoms with Crippen molar-refractivity contribution in [1.29, 1.82) is 0 Å². The lowest BCUT2D eigenvalue weighted by Crippen LogP contribution is -2.47. The number of piperazine rings is 2. The fourth-order valence-electron chi connectivity index (χ4n) is 13.7. The van der Waals surface area contributed by atoms with Gasteiger partial charge in [-0.15, -0.1) is 0 Å². The zero-order valence-corrected chi connectivity index (χ0v) is 85.1. The van der Waals surface area contributed by atoms with Gasteiger partial charge in [0.2, 0.25) is 0 Å². The van der Waals surface area contributed by atoms with E-state index in [1.807, 2.05) is 41.5 Å². The van der Waals surface area contributed by atoms with Gasteiger partial charge in [0, 0.05) is 93.9 Å². The number of benzene rings is 4. The van der Waals surface area contributed by atoms with Crippen molar-refractivity contribution in [3.8, 4) is 0 Å². The average molecular weight is 1980 g/mol. The number of aromatic nitrogens is 4. The molecule has 2 aliphatic rings. The Morgan fingerprint density at radius 2 is 0.576 bits per heavy atom. The van der Waals surface area contributed by atoms with Gasteiger partial charge in [0.15, 0.2) is 0 Å². The standard InChI is InChI=1S/C50H85N5O14.C31H62O15.C19H25N5/c1-5-6-7-46-52-48-44-41-43(9-8-42(44)40-45(51)49(48)53-46)55-13-11-54(12-14-55)15-17-58-19-21-60-23-25-62-27-29-64-31-33-66-35-37-68-39-38-67-36-34-65-32-30-63-28-26-61-24-22-59-20-18-57-16-10-47(56)69-50(2,3)4;1-31(2,3)46-30(33)4-6-34-8-10-36-12-14-38-16-18-40-20-22-42-24-26-44-28-29-45-27-25-43-23-21-41-19-17-39-15-13-37-11-9-35-7-5-32;1-2-3-4-17-22-18-15-12-14(24-9-7-21-8-10-24)6-5-13(15)11-16(20)19(18)23-17/h8-9,40-41H,5-7,10-39,51H2,1-4H3,(H,52,53);32H,4-29H2,1-3H3;5-6,11-12,21H,2-4,7-10,20H2,1H3,(H,22,23). The SMILES string of the molecule is CC(C)(C)OC(=O)CCOCCOCCOCCOCCOCCOCCOCCOCCOCCOCCOCCOCCO.CCCCc1nc2c([nH]1)c(N)cc1ccc(N3CCN(CCOCCOCCOCCOCCOCCOCCOCCOCCOCCOCCOCCOCCC(=O)OC(C)(C)C)CC3)cc12.CCCCc1nc2c([nH]1)c(N)cc1ccc(N3CCNCC3)cc12. The highest BCUT2D eigenvalue weighted by Crippen LogP contribution is 2.34. The van der Waals surface area contributed by atoms with Gasteiger partial charge < -0.3 is 165 Å². The number of hydrogen-bond donors (Lipinski definition) is 6. The molecule has 2 saturated heterocycles. The number of carbonyl (C=O) groups excluding carboxylic acids is 2. The first-order valence-corrected chi connectivity index (χ1v) is 50.2. The molecule has 6 aromatic rings. The number of unbranched alkanes of at least 4 members (excludes halogenated alkanes) is 2. The number of H-pyrrole nitrogens is 2. The number of aromatic amines is 2. The van der Waals surface area contributed by atoms with Gasteiger partial charge in [0.05, 0.1) is 370 Å². The Morgan fingerprint density at radius 1 is 0.331 bits per heavy atom. The van der Waals surface area contributed by atoms with E-state index < -0.39 is 11.2 Å². The minimum absolute atomic E-state index is 0.0217. The zero-order valence-electron chi connectivity index (χ0n) is 85.1. The van der Waals surface area contributed by atoms with Crippen LogP contribution in [0.25, 0.3) is 43.6 Å². The summed E-state index contributed by atoms with van der Waals surface area (Å²) in [5.74, 6) is 1.52. The van der Waals surface area contributed by atoms with Crippen molar-refractivity contribution in [2.75, 3.05) is 404 Å². The Labute approximate surface area is 824 Å². The third-order valence-electron chi connectivity index (χ3n) is 20.8. The van der Waals surface area contributed by atoms with E-state index in [9.17, 15) is 9.59 Å². The van der Waals surface area contributed by atoms with Crippen LogP contribution in [0.1, 0.15) is 106 Å². The molecule has 2 aliphatic heterocycles. The summed E-state index contributed by atoms with van der Waals surface area (Å²) in [4.78, 5) is 47.2. The summed E-state index contributed by atoms with van der Waals surface area (Å²) in [5.41, 5.74) is 19.6. The van der Waals surface area contributed by atoms with E-state index >= 15 is 0 Å². The van der Waals surface area contributed by atoms with Gasteiger partial charge in [0.1, 0.15) is 22.9 Å². The summed E-state index contributed by atoms with van der Waals surface area (Å²) in [6.45, 7) is 47.6. The van der Waals surface area contributed by atoms with Gasteiger partial charge >= 0.3 is 11.9 Å². The van der Waals surface area contributed by atoms with Crippen LogP contribution in [0.3, 0.4) is 0 Å². The van der Waals surface area contributed by atoms with Crippen LogP contribution >= 0.6 is 0 Å². The van der Waals surface area contributed by atoms with Gasteiger partial charge in [-0.05, 0) is 102 Å². The van der Waals surface area contributed by atoms with E-state index in [4.69, 9.17) is 150 Å². The molecule has 2 aromatic heterocycles. The van der Waals surface area contributed by atoms with Crippen LogP contribution in [0.5, 0.6) is 0 Å². The highest BCUT2D eigenvalue weighted by atomic mass is 16.6. The first kappa shape index (κ1) is 121. The van der Waals surface area contributed by atoms with Crippen molar-refractivity contribution in [2.45, 2.75) is 118 Å². The maximum atomic E-state index is 11.6. The first-order chi connectivity index (χ1) is 67.9. The van der Waals surface area contributed by atoms with E-state index in [1.165, 1.54) is 23.2 Å². The van der Waals surface area contributed by atoms with Crippen molar-refractivity contribution in [2.24, 2.45) is 0 Å². The topological polar surface area (TPSA) is 426 Å². The third kappa shape index (κ3) is 60.1. The van der Waals surface area contributed by atoms with Gasteiger partial charge in [-0.1, -0.05) is 38.8 Å². The second kappa shape index (κ2) is 79.7. The van der Waals surface area contributed by atoms with Crippen LogP contribution in [0.4, 0.5) is 22.7 Å². The van der Waals surface area contributed by atoms with Gasteiger partial charge in [0.25, 0.3) is 0 Å². The maximum Gasteiger partial charge on any atom is 0.308 e. The summed E-state index contributed by atoms with van der Waals surface area (Å²) in [5, 5.41) is 16.6. The number of carbonyl (C=O) groups is 2. The van der Waals surface area contributed by atoms with E-state index in [0.717, 1.165) is 152 Å². The smallest absolute Gasteiger partial charge is 0.308 e. The van der Waals surface area contributed by atoms with Crippen LogP contribution in [-0.4, -0.2) is 436 Å². The van der Waals surface area contributed by atoms with Crippen LogP contribution in [0.2, 0.25) is 0 Å². The fourth-order valence-corrected chi connectivity index (χ4v) is 13.7. The predicted molar refractivity (Wildman–Crippen MR) is 535 cm³/mol. The maximum absolute atomic E-state index is 11.6. The molecule has 0 radical (unpaired) electrons. The van der Waals surface area contributed by atoms with E-state index in [-0.39, 0.29) is 31.4 Å². The van der Waals surface area contributed by atoms with Crippen molar-refractivity contribution in [3.05, 3.63) is 60.2 Å². The minimum atomic E-state index is -0.479. The number of nitrogens with one attached hydrogen (secondary N) is 3. The van der Waals surface area contributed by atoms with Crippen LogP contribution in [0, 0.1) is 0 Å². The van der Waals surface area contributed by atoms with Crippen LogP contribution < -0.4 is 26.6 Å². The molecule has 4 heterocycles. The van der Waals surface area contributed by atoms with Crippen molar-refractivity contribution in [3.63, 3.8) is 0 Å². The Bertz CT molecular complexity index is 3980. The lowest BCUT2D eigenvalue weighted by atomic mass is 10.1. The highest BCUT2D eigenvalue weighted by Gasteiger charge is 2.22. The number of nitrogen functional groups attached to an aromatic ring is 2. The highest BCUT2D eigenvalue weighted by molar-refractivity contribution is 6.11. The van der Waals surface area contributed by atoms with E-state index in [1.54, 1.807) is 0 Å². The summed E-state index contributed by atoms with van der Waals surface area (Å²) >= 11 is 0. The minimum Gasteiger partial charge on any atom is -0.460 e. The van der Waals surface area contributed by atoms with Crippen molar-refractivity contribution in [1.82, 2.24) is 30.2 Å². The lowest BCUT2D eigenvalue weighted by molar-refractivity contribution is -0.157. The molecule has 0 bridgehead atoms. The Morgan fingerprint density at radius 3 is 0.827 bits per heavy atom. The molecule has 0 aliphatic carbocycles. The summed E-state index contributed by atoms with van der Waals surface area (Å²) in [7, 11) is 0. The largest absolute Gasteiger partial charge is 0.460 e. The van der Waals surface area contributed by atoms with E-state index in [0.29, 0.717) is 317 Å². The molecular weight excluding hydrogens is 1810 g/mol. The molecule has 39 heteroatoms. The number of anilines is 4. The molecule has 0 atom stereocenters. The quantitative estimate of drug-likeness (QED) is 0.0118. The molecule has 4 aromatic carbocycles. The summed E-state index contributed by atoms with van der Waals surface area (Å²) < 4.78 is 142. The number of nitrogens with zero attached hydrogens (tertiary/aromatic N) is 5. The molecule has 8 rings (SSSR count). The molecule has 2 fully saturated rings. The number of nitrogens with two attached hydrogens (primary N) is 2. The second-order valence-electron chi connectivity index (χ2n) is 34.4. The molecule has 796 valence electrons. The first-order valence-electron chi connectivity index (χ1n) is 50.2. The number of fused-ring (bicyclic) bond motifs is 6. The summed E-state index contributed by atoms with van der Waals surface area (Å²) in [6, 6.07) is 17.4. The zero-order chi connectivity index (χ0) is 99.2. The summed E-state index contributed by atoms with van der Waals surface area (Å²) in [6.07, 6.45) is 6.92. The molecular formula is C100H172N10O29. The van der Waals surface area contributed by atoms with Gasteiger partial charge in [-0.25, -0.2) is 9.97 Å². The van der Waals surface area contributed by atoms with Crippen LogP contribution in [-0.2, 0) is 146 Å². The van der Waals surface area contributed by atoms with Gasteiger partial charge in [-0.3, -0.25) is 14.5 Å². The number of aliphatic hydroxyl groups excluding tert-OH is 1. The average Bonchev–Trinajstić information content (AvgIpc) is 1.68. The van der Waals surface area contributed by atoms with E-state index in [2.05, 4.69) is 92.4 Å².